The molecule has 2 N–H and O–H groups in total. The monoisotopic (exact) mass is 286 g/mol. The molecule has 0 spiro atoms. The van der Waals surface area contributed by atoms with Gasteiger partial charge in [0.15, 0.2) is 5.76 Å². The van der Waals surface area contributed by atoms with E-state index in [-0.39, 0.29) is 11.4 Å². The van der Waals surface area contributed by atoms with Gasteiger partial charge in [0.05, 0.1) is 18.9 Å². The molecule has 0 unspecified atom stereocenters. The van der Waals surface area contributed by atoms with Gasteiger partial charge < -0.3 is 9.63 Å². The second-order valence-electron chi connectivity index (χ2n) is 3.57. The van der Waals surface area contributed by atoms with Crippen LogP contribution in [0.15, 0.2) is 34.1 Å². The third-order valence-electron chi connectivity index (χ3n) is 2.14. The Morgan fingerprint density at radius 1 is 1.53 bits per heavy atom. The zero-order valence-corrected chi connectivity index (χ0v) is 10.4. The number of carbonyl (C=O) groups is 1. The number of hydrogen-bond donors (Lipinski definition) is 2. The van der Waals surface area contributed by atoms with E-state index in [1.165, 1.54) is 12.3 Å². The van der Waals surface area contributed by atoms with E-state index in [1.54, 1.807) is 0 Å². The van der Waals surface area contributed by atoms with Gasteiger partial charge in [-0.3, -0.25) is 9.48 Å². The van der Waals surface area contributed by atoms with Gasteiger partial charge in [0.2, 0.25) is 10.0 Å². The lowest BCUT2D eigenvalue weighted by molar-refractivity contribution is -0.137. The first kappa shape index (κ1) is 13.2. The summed E-state index contributed by atoms with van der Waals surface area (Å²) in [5.74, 6) is -0.747. The van der Waals surface area contributed by atoms with Gasteiger partial charge in [0, 0.05) is 12.3 Å². The minimum absolute atomic E-state index is 0.0492. The summed E-state index contributed by atoms with van der Waals surface area (Å²) in [6, 6.07) is 1.52. The zero-order valence-electron chi connectivity index (χ0n) is 9.55. The predicted molar refractivity (Wildman–Crippen MR) is 60.4 cm³/mol. The van der Waals surface area contributed by atoms with Crippen LogP contribution in [0.3, 0.4) is 0 Å². The lowest BCUT2D eigenvalue weighted by atomic mass is 10.5. The Kier molecular flexibility index (Phi) is 3.62. The van der Waals surface area contributed by atoms with Crippen molar-refractivity contribution in [2.45, 2.75) is 18.0 Å². The fourth-order valence-electron chi connectivity index (χ4n) is 1.29. The van der Waals surface area contributed by atoms with E-state index in [2.05, 4.69) is 15.0 Å². The summed E-state index contributed by atoms with van der Waals surface area (Å²) in [4.78, 5) is 10.3. The summed E-state index contributed by atoms with van der Waals surface area (Å²) >= 11 is 0. The van der Waals surface area contributed by atoms with E-state index in [4.69, 9.17) is 9.63 Å². The molecule has 9 nitrogen and oxygen atoms in total. The Labute approximate surface area is 107 Å². The van der Waals surface area contributed by atoms with Gasteiger partial charge in [0.25, 0.3) is 0 Å². The average Bonchev–Trinajstić information content (AvgIpc) is 2.96. The van der Waals surface area contributed by atoms with Gasteiger partial charge in [-0.1, -0.05) is 5.16 Å². The molecule has 2 heterocycles. The van der Waals surface area contributed by atoms with Crippen molar-refractivity contribution in [3.63, 3.8) is 0 Å². The molecular formula is C9H10N4O5S. The number of sulfonamides is 1. The number of aromatic nitrogens is 3. The summed E-state index contributed by atoms with van der Waals surface area (Å²) in [6.45, 7) is -0.454. The molecule has 0 saturated carbocycles. The van der Waals surface area contributed by atoms with Crippen molar-refractivity contribution in [1.29, 1.82) is 0 Å². The highest BCUT2D eigenvalue weighted by Gasteiger charge is 2.17. The van der Waals surface area contributed by atoms with Crippen LogP contribution in [0.25, 0.3) is 0 Å². The highest BCUT2D eigenvalue weighted by molar-refractivity contribution is 7.89. The first-order valence-corrected chi connectivity index (χ1v) is 6.59. The average molecular weight is 286 g/mol. The van der Waals surface area contributed by atoms with Crippen LogP contribution in [0.2, 0.25) is 0 Å². The molecule has 0 aliphatic carbocycles. The summed E-state index contributed by atoms with van der Waals surface area (Å²) in [5, 5.41) is 15.7. The van der Waals surface area contributed by atoms with Crippen LogP contribution in [0, 0.1) is 0 Å². The molecule has 0 amide bonds. The number of carboxylic acid groups (broad SMARTS) is 1. The Balaban J connectivity index is 2.06. The molecule has 0 saturated heterocycles. The fraction of sp³-hybridized carbons (Fsp3) is 0.222. The van der Waals surface area contributed by atoms with Gasteiger partial charge in [-0.05, 0) is 0 Å². The number of rotatable bonds is 6. The van der Waals surface area contributed by atoms with Crippen LogP contribution in [-0.4, -0.2) is 34.4 Å². The van der Waals surface area contributed by atoms with Crippen LogP contribution in [0.1, 0.15) is 5.76 Å². The van der Waals surface area contributed by atoms with Crippen molar-refractivity contribution in [3.05, 3.63) is 30.4 Å². The maximum absolute atomic E-state index is 11.9. The zero-order chi connectivity index (χ0) is 13.9. The number of aliphatic carboxylic acids is 1. The van der Waals surface area contributed by atoms with Crippen molar-refractivity contribution in [3.8, 4) is 0 Å². The topological polar surface area (TPSA) is 127 Å². The van der Waals surface area contributed by atoms with Crippen molar-refractivity contribution >= 4 is 16.0 Å². The molecule has 0 aliphatic heterocycles. The van der Waals surface area contributed by atoms with Gasteiger partial charge >= 0.3 is 5.97 Å². The van der Waals surface area contributed by atoms with Crippen LogP contribution in [-0.2, 0) is 27.9 Å². The van der Waals surface area contributed by atoms with E-state index in [0.29, 0.717) is 5.76 Å². The molecule has 0 atom stereocenters. The Morgan fingerprint density at radius 3 is 2.95 bits per heavy atom. The first-order valence-electron chi connectivity index (χ1n) is 5.11. The van der Waals surface area contributed by atoms with Gasteiger partial charge in [-0.2, -0.15) is 5.10 Å². The summed E-state index contributed by atoms with van der Waals surface area (Å²) in [7, 11) is -3.77. The van der Waals surface area contributed by atoms with Crippen molar-refractivity contribution < 1.29 is 22.8 Å². The number of nitrogens with zero attached hydrogens (tertiary/aromatic N) is 3. The van der Waals surface area contributed by atoms with E-state index in [1.807, 2.05) is 0 Å². The van der Waals surface area contributed by atoms with Gasteiger partial charge in [-0.15, -0.1) is 0 Å². The van der Waals surface area contributed by atoms with E-state index in [9.17, 15) is 13.2 Å². The van der Waals surface area contributed by atoms with Crippen LogP contribution >= 0.6 is 0 Å². The predicted octanol–water partition coefficient (Wildman–Crippen LogP) is -0.566. The molecule has 0 radical (unpaired) electrons. The van der Waals surface area contributed by atoms with Crippen LogP contribution < -0.4 is 4.72 Å². The highest BCUT2D eigenvalue weighted by Crippen LogP contribution is 2.08. The van der Waals surface area contributed by atoms with E-state index < -0.39 is 22.5 Å². The molecule has 2 aromatic rings. The standard InChI is InChI=1S/C9H10N4O5S/c14-9(15)6-13-5-8(4-10-13)19(16,17)12-3-7-1-2-11-18-7/h1-2,4-5,12H,3,6H2,(H,14,15). The highest BCUT2D eigenvalue weighted by atomic mass is 32.2. The molecule has 0 aliphatic rings. The lowest BCUT2D eigenvalue weighted by Crippen LogP contribution is -2.22. The van der Waals surface area contributed by atoms with Crippen molar-refractivity contribution in [1.82, 2.24) is 19.7 Å². The number of hydrogen-bond acceptors (Lipinski definition) is 6. The molecule has 10 heteroatoms. The molecule has 0 bridgehead atoms. The van der Waals surface area contributed by atoms with Gasteiger partial charge in [0.1, 0.15) is 11.4 Å². The minimum Gasteiger partial charge on any atom is -0.480 e. The molecular weight excluding hydrogens is 276 g/mol. The molecule has 2 rings (SSSR count). The quantitative estimate of drug-likeness (QED) is 0.728. The minimum atomic E-state index is -3.77. The Hall–Kier alpha value is -2.20. The SMILES string of the molecule is O=C(O)Cn1cc(S(=O)(=O)NCc2ccno2)cn1. The summed E-state index contributed by atoms with van der Waals surface area (Å²) < 4.78 is 31.8. The van der Waals surface area contributed by atoms with Gasteiger partial charge in [-0.25, -0.2) is 13.1 Å². The lowest BCUT2D eigenvalue weighted by Gasteiger charge is -2.01. The fourth-order valence-corrected chi connectivity index (χ4v) is 2.24. The second-order valence-corrected chi connectivity index (χ2v) is 5.34. The first-order chi connectivity index (χ1) is 8.97. The smallest absolute Gasteiger partial charge is 0.325 e. The van der Waals surface area contributed by atoms with Crippen molar-refractivity contribution in [2.75, 3.05) is 0 Å². The Bertz CT molecular complexity index is 661. The molecule has 2 aromatic heterocycles. The number of nitrogens with one attached hydrogen (secondary N) is 1. The second kappa shape index (κ2) is 5.20. The van der Waals surface area contributed by atoms with Crippen LogP contribution in [0.4, 0.5) is 0 Å². The maximum Gasteiger partial charge on any atom is 0.325 e. The van der Waals surface area contributed by atoms with Crippen LogP contribution in [0.5, 0.6) is 0 Å². The molecule has 0 fully saturated rings. The number of carboxylic acids is 1. The normalized spacial score (nSPS) is 11.6. The molecule has 0 aromatic carbocycles. The Morgan fingerprint density at radius 2 is 2.32 bits per heavy atom. The summed E-state index contributed by atoms with van der Waals surface area (Å²) in [5.41, 5.74) is 0. The maximum atomic E-state index is 11.9. The van der Waals surface area contributed by atoms with E-state index in [0.717, 1.165) is 17.1 Å². The summed E-state index contributed by atoms with van der Waals surface area (Å²) in [6.07, 6.45) is 3.61. The molecule has 102 valence electrons. The third-order valence-corrected chi connectivity index (χ3v) is 3.50. The molecule has 19 heavy (non-hydrogen) atoms. The largest absolute Gasteiger partial charge is 0.480 e. The third kappa shape index (κ3) is 3.39. The van der Waals surface area contributed by atoms with E-state index >= 15 is 0 Å². The van der Waals surface area contributed by atoms with Crippen molar-refractivity contribution in [2.24, 2.45) is 0 Å².